The van der Waals surface area contributed by atoms with Crippen LogP contribution in [0.3, 0.4) is 0 Å². The Balaban J connectivity index is 2.43. The minimum absolute atomic E-state index is 0.0221. The molecule has 0 fully saturated rings. The molecule has 0 amide bonds. The Kier molecular flexibility index (Phi) is 3.94. The van der Waals surface area contributed by atoms with Gasteiger partial charge in [0.2, 0.25) is 0 Å². The third-order valence-electron chi connectivity index (χ3n) is 2.71. The fourth-order valence-corrected chi connectivity index (χ4v) is 2.12. The maximum absolute atomic E-state index is 12.8. The van der Waals surface area contributed by atoms with Crippen LogP contribution in [-0.2, 0) is 6.18 Å². The number of pyridine rings is 1. The number of alkyl halides is 3. The summed E-state index contributed by atoms with van der Waals surface area (Å²) in [4.78, 5) is 16.1. The molecule has 0 atom stereocenters. The smallest absolute Gasteiger partial charge is 0.289 e. The lowest BCUT2D eigenvalue weighted by atomic mass is 10.0. The molecular formula is C14H9BrF3NO. The van der Waals surface area contributed by atoms with Crippen LogP contribution in [0.25, 0.3) is 0 Å². The summed E-state index contributed by atoms with van der Waals surface area (Å²) in [6.45, 7) is 1.76. The Hall–Kier alpha value is -1.69. The molecule has 0 aliphatic heterocycles. The number of hydrogen-bond acceptors (Lipinski definition) is 2. The molecular weight excluding hydrogens is 335 g/mol. The number of ketones is 1. The van der Waals surface area contributed by atoms with Crippen molar-refractivity contribution in [2.45, 2.75) is 13.1 Å². The van der Waals surface area contributed by atoms with E-state index in [4.69, 9.17) is 0 Å². The van der Waals surface area contributed by atoms with Gasteiger partial charge in [0.05, 0.1) is 5.56 Å². The lowest BCUT2D eigenvalue weighted by Crippen LogP contribution is -2.09. The number of hydrogen-bond donors (Lipinski definition) is 0. The highest BCUT2D eigenvalue weighted by Gasteiger charge is 2.33. The van der Waals surface area contributed by atoms with Gasteiger partial charge in [0.15, 0.2) is 5.78 Å². The van der Waals surface area contributed by atoms with Gasteiger partial charge in [-0.3, -0.25) is 9.78 Å². The number of halogens is 4. The van der Waals surface area contributed by atoms with Crippen LogP contribution < -0.4 is 0 Å². The molecule has 0 saturated carbocycles. The van der Waals surface area contributed by atoms with Crippen molar-refractivity contribution < 1.29 is 18.0 Å². The van der Waals surface area contributed by atoms with Crippen molar-refractivity contribution in [2.75, 3.05) is 0 Å². The Morgan fingerprint density at radius 3 is 2.35 bits per heavy atom. The maximum Gasteiger partial charge on any atom is 0.417 e. The fourth-order valence-electron chi connectivity index (χ4n) is 1.65. The van der Waals surface area contributed by atoms with E-state index in [1.807, 2.05) is 0 Å². The second kappa shape index (κ2) is 5.36. The molecule has 2 aromatic rings. The van der Waals surface area contributed by atoms with Crippen LogP contribution in [0.15, 0.2) is 41.0 Å². The van der Waals surface area contributed by atoms with Crippen LogP contribution in [0.5, 0.6) is 0 Å². The molecule has 0 N–H and O–H groups in total. The molecule has 0 bridgehead atoms. The summed E-state index contributed by atoms with van der Waals surface area (Å²) in [6.07, 6.45) is -3.16. The third-order valence-corrected chi connectivity index (χ3v) is 3.40. The zero-order valence-corrected chi connectivity index (χ0v) is 11.9. The summed E-state index contributed by atoms with van der Waals surface area (Å²) in [5, 5.41) is 0. The van der Waals surface area contributed by atoms with Crippen LogP contribution in [0.2, 0.25) is 0 Å². The maximum atomic E-state index is 12.8. The fraction of sp³-hybridized carbons (Fsp3) is 0.143. The van der Waals surface area contributed by atoms with Crippen LogP contribution in [0.1, 0.15) is 27.2 Å². The zero-order chi connectivity index (χ0) is 14.9. The predicted molar refractivity (Wildman–Crippen MR) is 71.6 cm³/mol. The van der Waals surface area contributed by atoms with E-state index in [2.05, 4.69) is 20.9 Å². The van der Waals surface area contributed by atoms with Gasteiger partial charge in [-0.1, -0.05) is 15.9 Å². The molecule has 1 aromatic carbocycles. The van der Waals surface area contributed by atoms with Crippen molar-refractivity contribution in [3.8, 4) is 0 Å². The summed E-state index contributed by atoms with van der Waals surface area (Å²) in [5.74, 6) is -0.490. The van der Waals surface area contributed by atoms with Crippen LogP contribution in [0.4, 0.5) is 13.2 Å². The number of rotatable bonds is 2. The van der Waals surface area contributed by atoms with Gasteiger partial charge < -0.3 is 0 Å². The second-order valence-electron chi connectivity index (χ2n) is 4.21. The van der Waals surface area contributed by atoms with E-state index in [0.717, 1.165) is 11.8 Å². The summed E-state index contributed by atoms with van der Waals surface area (Å²) in [7, 11) is 0. The normalized spacial score (nSPS) is 11.4. The highest BCUT2D eigenvalue weighted by molar-refractivity contribution is 9.10. The topological polar surface area (TPSA) is 30.0 Å². The highest BCUT2D eigenvalue weighted by atomic mass is 79.9. The number of benzene rings is 1. The molecule has 0 unspecified atom stereocenters. The standard InChI is InChI=1S/C14H9BrF3NO/c1-8-2-3-10(7-19-8)13(20)9-4-5-12(15)11(6-9)14(16,17)18/h2-7H,1H3. The predicted octanol–water partition coefficient (Wildman–Crippen LogP) is 4.40. The quantitative estimate of drug-likeness (QED) is 0.756. The van der Waals surface area contributed by atoms with Crippen molar-refractivity contribution in [3.05, 3.63) is 63.4 Å². The Morgan fingerprint density at radius 1 is 1.15 bits per heavy atom. The van der Waals surface area contributed by atoms with E-state index in [9.17, 15) is 18.0 Å². The molecule has 0 aliphatic carbocycles. The van der Waals surface area contributed by atoms with Crippen LogP contribution >= 0.6 is 15.9 Å². The lowest BCUT2D eigenvalue weighted by Gasteiger charge is -2.10. The van der Waals surface area contributed by atoms with E-state index in [1.165, 1.54) is 18.3 Å². The number of carbonyl (C=O) groups excluding carboxylic acids is 1. The first-order chi connectivity index (χ1) is 9.29. The monoisotopic (exact) mass is 343 g/mol. The number of nitrogens with zero attached hydrogens (tertiary/aromatic N) is 1. The molecule has 1 aromatic heterocycles. The van der Waals surface area contributed by atoms with E-state index < -0.39 is 17.5 Å². The zero-order valence-electron chi connectivity index (χ0n) is 10.3. The van der Waals surface area contributed by atoms with Crippen molar-refractivity contribution in [3.63, 3.8) is 0 Å². The van der Waals surface area contributed by atoms with Crippen molar-refractivity contribution >= 4 is 21.7 Å². The molecule has 20 heavy (non-hydrogen) atoms. The average Bonchev–Trinajstić information content (AvgIpc) is 2.38. The van der Waals surface area contributed by atoms with Gasteiger partial charge in [-0.2, -0.15) is 13.2 Å². The lowest BCUT2D eigenvalue weighted by molar-refractivity contribution is -0.138. The molecule has 104 valence electrons. The van der Waals surface area contributed by atoms with Gasteiger partial charge in [0.1, 0.15) is 0 Å². The second-order valence-corrected chi connectivity index (χ2v) is 5.06. The number of aryl methyl sites for hydroxylation is 1. The third kappa shape index (κ3) is 3.07. The SMILES string of the molecule is Cc1ccc(C(=O)c2ccc(Br)c(C(F)(F)F)c2)cn1. The van der Waals surface area contributed by atoms with Gasteiger partial charge >= 0.3 is 6.18 Å². The van der Waals surface area contributed by atoms with E-state index >= 15 is 0 Å². The molecule has 2 rings (SSSR count). The first-order valence-corrected chi connectivity index (χ1v) is 6.42. The van der Waals surface area contributed by atoms with Crippen molar-refractivity contribution in [2.24, 2.45) is 0 Å². The summed E-state index contributed by atoms with van der Waals surface area (Å²) in [6, 6.07) is 6.59. The highest BCUT2D eigenvalue weighted by Crippen LogP contribution is 2.35. The van der Waals surface area contributed by atoms with Gasteiger partial charge in [-0.05, 0) is 37.3 Å². The van der Waals surface area contributed by atoms with Crippen molar-refractivity contribution in [1.82, 2.24) is 4.98 Å². The van der Waals surface area contributed by atoms with Crippen LogP contribution in [0, 0.1) is 6.92 Å². The molecule has 0 saturated heterocycles. The first kappa shape index (κ1) is 14.7. The van der Waals surface area contributed by atoms with Gasteiger partial charge in [-0.25, -0.2) is 0 Å². The Bertz CT molecular complexity index is 650. The molecule has 0 spiro atoms. The number of aromatic nitrogens is 1. The minimum Gasteiger partial charge on any atom is -0.289 e. The van der Waals surface area contributed by atoms with Gasteiger partial charge in [-0.15, -0.1) is 0 Å². The van der Waals surface area contributed by atoms with E-state index in [-0.39, 0.29) is 15.6 Å². The Labute approximate surface area is 121 Å². The average molecular weight is 344 g/mol. The van der Waals surface area contributed by atoms with Gasteiger partial charge in [0.25, 0.3) is 0 Å². The molecule has 2 nitrogen and oxygen atoms in total. The minimum atomic E-state index is -4.51. The summed E-state index contributed by atoms with van der Waals surface area (Å²) in [5.41, 5.74) is 0.0917. The Morgan fingerprint density at radius 2 is 1.80 bits per heavy atom. The molecule has 1 heterocycles. The summed E-state index contributed by atoms with van der Waals surface area (Å²) >= 11 is 2.84. The summed E-state index contributed by atoms with van der Waals surface area (Å²) < 4.78 is 38.3. The van der Waals surface area contributed by atoms with Crippen molar-refractivity contribution in [1.29, 1.82) is 0 Å². The molecule has 6 heteroatoms. The van der Waals surface area contributed by atoms with E-state index in [1.54, 1.807) is 19.1 Å². The van der Waals surface area contributed by atoms with Gasteiger partial charge in [0, 0.05) is 27.5 Å². The largest absolute Gasteiger partial charge is 0.417 e. The number of carbonyl (C=O) groups is 1. The van der Waals surface area contributed by atoms with E-state index in [0.29, 0.717) is 0 Å². The first-order valence-electron chi connectivity index (χ1n) is 5.63. The van der Waals surface area contributed by atoms with Crippen LogP contribution in [-0.4, -0.2) is 10.8 Å². The molecule has 0 aliphatic rings. The molecule has 0 radical (unpaired) electrons.